The van der Waals surface area contributed by atoms with Crippen LogP contribution < -0.4 is 0 Å². The number of allylic oxidation sites excluding steroid dienone is 1. The molecule has 0 saturated carbocycles. The summed E-state index contributed by atoms with van der Waals surface area (Å²) in [5.41, 5.74) is 0.212. The molecule has 1 aromatic rings. The van der Waals surface area contributed by atoms with E-state index >= 15 is 0 Å². The van der Waals surface area contributed by atoms with Crippen molar-refractivity contribution in [1.82, 2.24) is 0 Å². The van der Waals surface area contributed by atoms with E-state index in [2.05, 4.69) is 4.74 Å². The van der Waals surface area contributed by atoms with Gasteiger partial charge in [0.05, 0.1) is 6.61 Å². The van der Waals surface area contributed by atoms with Gasteiger partial charge in [-0.3, -0.25) is 4.79 Å². The normalized spacial score (nSPS) is 11.8. The summed E-state index contributed by atoms with van der Waals surface area (Å²) in [6.07, 6.45) is 1.40. The molecule has 0 unspecified atom stereocenters. The minimum Gasteiger partial charge on any atom is -0.461 e. The van der Waals surface area contributed by atoms with Crippen LogP contribution in [-0.2, 0) is 14.3 Å². The van der Waals surface area contributed by atoms with Crippen LogP contribution in [0.3, 0.4) is 0 Å². The van der Waals surface area contributed by atoms with Gasteiger partial charge in [-0.15, -0.1) is 0 Å². The van der Waals surface area contributed by atoms with E-state index in [9.17, 15) is 14.0 Å². The highest BCUT2D eigenvalue weighted by Gasteiger charge is 2.23. The molecule has 0 atom stereocenters. The molecule has 0 amide bonds. The molecule has 22 heavy (non-hydrogen) atoms. The summed E-state index contributed by atoms with van der Waals surface area (Å²) in [7, 11) is 1.57. The fourth-order valence-electron chi connectivity index (χ4n) is 1.95. The standard InChI is InChI=1S/C17H21FO4/c1-3-22-17(20)15(18)14(11-7-8-12-21-2)16(19)13-9-5-4-6-10-13/h4-6,9-10H,3,7-8,11-12H2,1-2H3/b15-14+. The Labute approximate surface area is 129 Å². The number of carbonyl (C=O) groups excluding carboxylic acids is 2. The van der Waals surface area contributed by atoms with E-state index < -0.39 is 17.6 Å². The van der Waals surface area contributed by atoms with Crippen molar-refractivity contribution >= 4 is 11.8 Å². The Balaban J connectivity index is 2.97. The number of methoxy groups -OCH3 is 1. The second-order valence-electron chi connectivity index (χ2n) is 4.66. The monoisotopic (exact) mass is 308 g/mol. The highest BCUT2D eigenvalue weighted by molar-refractivity contribution is 6.12. The first-order valence-electron chi connectivity index (χ1n) is 7.26. The Morgan fingerprint density at radius 2 is 1.82 bits per heavy atom. The summed E-state index contributed by atoms with van der Waals surface area (Å²) in [4.78, 5) is 24.0. The lowest BCUT2D eigenvalue weighted by molar-refractivity contribution is -0.140. The van der Waals surface area contributed by atoms with Crippen molar-refractivity contribution in [3.05, 3.63) is 47.3 Å². The summed E-state index contributed by atoms with van der Waals surface area (Å²) in [6, 6.07) is 8.34. The summed E-state index contributed by atoms with van der Waals surface area (Å²) < 4.78 is 23.8. The van der Waals surface area contributed by atoms with Gasteiger partial charge in [0, 0.05) is 24.9 Å². The predicted octanol–water partition coefficient (Wildman–Crippen LogP) is 3.47. The lowest BCUT2D eigenvalue weighted by Gasteiger charge is -2.09. The third-order valence-corrected chi connectivity index (χ3v) is 3.05. The SMILES string of the molecule is CCOC(=O)/C(F)=C(/CCCCOC)C(=O)c1ccccc1. The number of ether oxygens (including phenoxy) is 2. The molecule has 0 fully saturated rings. The van der Waals surface area contributed by atoms with Gasteiger partial charge in [-0.2, -0.15) is 4.39 Å². The van der Waals surface area contributed by atoms with E-state index in [0.29, 0.717) is 25.0 Å². The average Bonchev–Trinajstić information content (AvgIpc) is 2.55. The first-order chi connectivity index (χ1) is 10.6. The molecular formula is C17H21FO4. The first-order valence-corrected chi connectivity index (χ1v) is 7.26. The van der Waals surface area contributed by atoms with Crippen LogP contribution in [-0.4, -0.2) is 32.1 Å². The summed E-state index contributed by atoms with van der Waals surface area (Å²) in [5.74, 6) is -2.68. The van der Waals surface area contributed by atoms with Crippen LogP contribution in [0.2, 0.25) is 0 Å². The van der Waals surface area contributed by atoms with Gasteiger partial charge in [-0.05, 0) is 26.2 Å². The van der Waals surface area contributed by atoms with Gasteiger partial charge >= 0.3 is 5.97 Å². The van der Waals surface area contributed by atoms with Gasteiger partial charge in [0.1, 0.15) is 0 Å². The fraction of sp³-hybridized carbons (Fsp3) is 0.412. The van der Waals surface area contributed by atoms with Crippen molar-refractivity contribution in [1.29, 1.82) is 0 Å². The van der Waals surface area contributed by atoms with E-state index in [-0.39, 0.29) is 18.6 Å². The van der Waals surface area contributed by atoms with Gasteiger partial charge in [0.25, 0.3) is 0 Å². The quantitative estimate of drug-likeness (QED) is 0.303. The average molecular weight is 308 g/mol. The molecule has 5 heteroatoms. The highest BCUT2D eigenvalue weighted by Crippen LogP contribution is 2.20. The number of carbonyl (C=O) groups is 2. The minimum atomic E-state index is -1.10. The van der Waals surface area contributed by atoms with Crippen LogP contribution in [0.1, 0.15) is 36.5 Å². The van der Waals surface area contributed by atoms with Gasteiger partial charge in [0.15, 0.2) is 5.78 Å². The number of benzene rings is 1. The maximum Gasteiger partial charge on any atom is 0.367 e. The molecule has 0 radical (unpaired) electrons. The van der Waals surface area contributed by atoms with Gasteiger partial charge in [-0.25, -0.2) is 4.79 Å². The Hall–Kier alpha value is -2.01. The summed E-state index contributed by atoms with van der Waals surface area (Å²) in [5, 5.41) is 0. The van der Waals surface area contributed by atoms with Gasteiger partial charge < -0.3 is 9.47 Å². The zero-order valence-electron chi connectivity index (χ0n) is 12.9. The van der Waals surface area contributed by atoms with Crippen molar-refractivity contribution in [2.75, 3.05) is 20.3 Å². The minimum absolute atomic E-state index is 0.0583. The van der Waals surface area contributed by atoms with E-state index in [1.165, 1.54) is 0 Å². The van der Waals surface area contributed by atoms with Crippen molar-refractivity contribution in [3.63, 3.8) is 0 Å². The van der Waals surface area contributed by atoms with Crippen molar-refractivity contribution < 1.29 is 23.5 Å². The smallest absolute Gasteiger partial charge is 0.367 e. The zero-order chi connectivity index (χ0) is 16.4. The molecular weight excluding hydrogens is 287 g/mol. The Morgan fingerprint density at radius 3 is 2.41 bits per heavy atom. The second kappa shape index (κ2) is 9.84. The molecule has 0 saturated heterocycles. The van der Waals surface area contributed by atoms with E-state index in [0.717, 1.165) is 0 Å². The van der Waals surface area contributed by atoms with Crippen LogP contribution in [0.5, 0.6) is 0 Å². The Bertz CT molecular complexity index is 523. The summed E-state index contributed by atoms with van der Waals surface area (Å²) >= 11 is 0. The zero-order valence-corrected chi connectivity index (χ0v) is 12.9. The molecule has 4 nitrogen and oxygen atoms in total. The van der Waals surface area contributed by atoms with Crippen LogP contribution in [0.25, 0.3) is 0 Å². The number of Topliss-reactive ketones (excluding diaryl/α,β-unsaturated/α-hetero) is 1. The largest absolute Gasteiger partial charge is 0.461 e. The fourth-order valence-corrected chi connectivity index (χ4v) is 1.95. The van der Waals surface area contributed by atoms with E-state index in [4.69, 9.17) is 4.74 Å². The van der Waals surface area contributed by atoms with Gasteiger partial charge in [0.2, 0.25) is 5.83 Å². The molecule has 1 aromatic carbocycles. The maximum absolute atomic E-state index is 14.2. The van der Waals surface area contributed by atoms with Crippen molar-refractivity contribution in [3.8, 4) is 0 Å². The number of hydrogen-bond acceptors (Lipinski definition) is 4. The highest BCUT2D eigenvalue weighted by atomic mass is 19.1. The lowest BCUT2D eigenvalue weighted by atomic mass is 9.98. The molecule has 0 aliphatic rings. The predicted molar refractivity (Wildman–Crippen MR) is 81.3 cm³/mol. The van der Waals surface area contributed by atoms with Crippen molar-refractivity contribution in [2.24, 2.45) is 0 Å². The number of halogens is 1. The van der Waals surface area contributed by atoms with E-state index in [1.54, 1.807) is 44.4 Å². The number of esters is 1. The number of ketones is 1. The third-order valence-electron chi connectivity index (χ3n) is 3.05. The number of unbranched alkanes of at least 4 members (excludes halogenated alkanes) is 1. The molecule has 0 bridgehead atoms. The Kier molecular flexibility index (Phi) is 8.07. The van der Waals surface area contributed by atoms with Crippen LogP contribution in [0.15, 0.2) is 41.7 Å². The molecule has 1 rings (SSSR count). The Morgan fingerprint density at radius 1 is 1.14 bits per heavy atom. The topological polar surface area (TPSA) is 52.6 Å². The van der Waals surface area contributed by atoms with Gasteiger partial charge in [-0.1, -0.05) is 30.3 Å². The summed E-state index contributed by atoms with van der Waals surface area (Å²) in [6.45, 7) is 2.17. The molecule has 0 N–H and O–H groups in total. The maximum atomic E-state index is 14.2. The molecule has 0 aromatic heterocycles. The van der Waals surface area contributed by atoms with Crippen molar-refractivity contribution in [2.45, 2.75) is 26.2 Å². The molecule has 0 spiro atoms. The van der Waals surface area contributed by atoms with Crippen LogP contribution in [0.4, 0.5) is 4.39 Å². The molecule has 120 valence electrons. The molecule has 0 aliphatic heterocycles. The second-order valence-corrected chi connectivity index (χ2v) is 4.66. The number of rotatable bonds is 9. The molecule has 0 aliphatic carbocycles. The van der Waals surface area contributed by atoms with E-state index in [1.807, 2.05) is 0 Å². The number of hydrogen-bond donors (Lipinski definition) is 0. The van der Waals surface area contributed by atoms with Crippen LogP contribution in [0, 0.1) is 0 Å². The third kappa shape index (κ3) is 5.41. The first kappa shape index (κ1) is 18.0. The van der Waals surface area contributed by atoms with Crippen LogP contribution >= 0.6 is 0 Å². The molecule has 0 heterocycles. The lowest BCUT2D eigenvalue weighted by Crippen LogP contribution is -2.13.